The molecular formula is C2H10BrNO. The van der Waals surface area contributed by atoms with Gasteiger partial charge in [-0.2, -0.15) is 0 Å². The van der Waals surface area contributed by atoms with Crippen LogP contribution in [0.1, 0.15) is 0 Å². The Bertz CT molecular complexity index is 9.61. The smallest absolute Gasteiger partial charge is 0.0351 e. The highest BCUT2D eigenvalue weighted by Gasteiger charge is 1.25. The fourth-order valence-corrected chi connectivity index (χ4v) is 0. The van der Waals surface area contributed by atoms with Crippen molar-refractivity contribution in [3.8, 4) is 0 Å². The first-order valence-corrected chi connectivity index (χ1v) is 0.816. The zero-order valence-corrected chi connectivity index (χ0v) is 5.24. The van der Waals surface area contributed by atoms with Crippen LogP contribution in [0.2, 0.25) is 0 Å². The van der Waals surface area contributed by atoms with E-state index in [1.54, 1.807) is 14.2 Å². The molecular weight excluding hydrogens is 134 g/mol. The molecule has 0 bridgehead atoms. The quantitative estimate of drug-likeness (QED) is 0.551. The van der Waals surface area contributed by atoms with Gasteiger partial charge in [0, 0.05) is 14.2 Å². The van der Waals surface area contributed by atoms with Crippen molar-refractivity contribution < 1.29 is 4.74 Å². The van der Waals surface area contributed by atoms with Crippen LogP contribution in [-0.4, -0.2) is 14.2 Å². The normalized spacial score (nSPS) is 3.60. The summed E-state index contributed by atoms with van der Waals surface area (Å²) in [4.78, 5) is 0. The molecule has 0 fully saturated rings. The standard InChI is InChI=1S/C2H6O.BrH.H3N/c1-3-2;;/h1-2H3;1H;1H3. The van der Waals surface area contributed by atoms with Gasteiger partial charge in [0.25, 0.3) is 0 Å². The van der Waals surface area contributed by atoms with Crippen LogP contribution in [0.5, 0.6) is 0 Å². The van der Waals surface area contributed by atoms with Crippen LogP contribution in [-0.2, 0) is 4.74 Å². The largest absolute Gasteiger partial charge is 0.388 e. The summed E-state index contributed by atoms with van der Waals surface area (Å²) >= 11 is 0. The van der Waals surface area contributed by atoms with E-state index in [4.69, 9.17) is 0 Å². The van der Waals surface area contributed by atoms with Gasteiger partial charge >= 0.3 is 0 Å². The van der Waals surface area contributed by atoms with Crippen molar-refractivity contribution in [1.82, 2.24) is 6.15 Å². The van der Waals surface area contributed by atoms with Crippen LogP contribution < -0.4 is 6.15 Å². The van der Waals surface area contributed by atoms with Gasteiger partial charge in [0.1, 0.15) is 0 Å². The topological polar surface area (TPSA) is 44.2 Å². The van der Waals surface area contributed by atoms with E-state index in [1.807, 2.05) is 0 Å². The minimum absolute atomic E-state index is 0. The molecule has 0 rings (SSSR count). The Balaban J connectivity index is -0.0000000200. The molecule has 0 aromatic rings. The third-order valence-corrected chi connectivity index (χ3v) is 0. The number of rotatable bonds is 0. The molecule has 0 aliphatic heterocycles. The maximum Gasteiger partial charge on any atom is 0.0351 e. The Morgan fingerprint density at radius 1 is 1.20 bits per heavy atom. The van der Waals surface area contributed by atoms with Crippen molar-refractivity contribution in [3.63, 3.8) is 0 Å². The predicted molar refractivity (Wildman–Crippen MR) is 28.3 cm³/mol. The van der Waals surface area contributed by atoms with E-state index in [1.165, 1.54) is 0 Å². The predicted octanol–water partition coefficient (Wildman–Crippen LogP) is 1.00. The zero-order valence-electron chi connectivity index (χ0n) is 3.52. The fraction of sp³-hybridized carbons (Fsp3) is 1.00. The number of hydrogen-bond acceptors (Lipinski definition) is 2. The van der Waals surface area contributed by atoms with Crippen LogP contribution in [0.25, 0.3) is 0 Å². The Morgan fingerprint density at radius 2 is 1.20 bits per heavy atom. The average molecular weight is 144 g/mol. The highest BCUT2D eigenvalue weighted by atomic mass is 79.9. The first-order valence-electron chi connectivity index (χ1n) is 0.816. The molecule has 0 aliphatic carbocycles. The third kappa shape index (κ3) is 158. The second kappa shape index (κ2) is 26.0. The van der Waals surface area contributed by atoms with E-state index >= 15 is 0 Å². The van der Waals surface area contributed by atoms with Gasteiger partial charge in [-0.25, -0.2) is 0 Å². The van der Waals surface area contributed by atoms with E-state index < -0.39 is 0 Å². The minimum Gasteiger partial charge on any atom is -0.388 e. The molecule has 0 atom stereocenters. The van der Waals surface area contributed by atoms with Crippen molar-refractivity contribution in [2.75, 3.05) is 14.2 Å². The van der Waals surface area contributed by atoms with Gasteiger partial charge in [-0.15, -0.1) is 17.0 Å². The van der Waals surface area contributed by atoms with Crippen molar-refractivity contribution in [2.24, 2.45) is 0 Å². The van der Waals surface area contributed by atoms with Gasteiger partial charge in [0.15, 0.2) is 0 Å². The van der Waals surface area contributed by atoms with Crippen molar-refractivity contribution in [2.45, 2.75) is 0 Å². The molecule has 0 saturated heterocycles. The van der Waals surface area contributed by atoms with Crippen LogP contribution in [0.3, 0.4) is 0 Å². The van der Waals surface area contributed by atoms with Crippen LogP contribution in [0.15, 0.2) is 0 Å². The summed E-state index contributed by atoms with van der Waals surface area (Å²) in [5.41, 5.74) is 0. The Morgan fingerprint density at radius 3 is 1.20 bits per heavy atom. The lowest BCUT2D eigenvalue weighted by Gasteiger charge is -1.61. The van der Waals surface area contributed by atoms with Gasteiger partial charge < -0.3 is 10.9 Å². The lowest BCUT2D eigenvalue weighted by Crippen LogP contribution is -1.55. The Hall–Kier alpha value is 0.400. The average Bonchev–Trinajstić information content (AvgIpc) is 0.918. The Labute approximate surface area is 42.9 Å². The number of methoxy groups -OCH3 is 1. The van der Waals surface area contributed by atoms with Crippen LogP contribution in [0.4, 0.5) is 0 Å². The summed E-state index contributed by atoms with van der Waals surface area (Å²) in [7, 11) is 3.25. The first-order chi connectivity index (χ1) is 1.41. The lowest BCUT2D eigenvalue weighted by molar-refractivity contribution is 0.277. The zero-order chi connectivity index (χ0) is 2.71. The monoisotopic (exact) mass is 143 g/mol. The molecule has 3 heteroatoms. The molecule has 2 nitrogen and oxygen atoms in total. The van der Waals surface area contributed by atoms with Crippen LogP contribution in [0, 0.1) is 0 Å². The van der Waals surface area contributed by atoms with Crippen molar-refractivity contribution in [3.05, 3.63) is 0 Å². The maximum atomic E-state index is 4.25. The van der Waals surface area contributed by atoms with Crippen molar-refractivity contribution in [1.29, 1.82) is 0 Å². The number of ether oxygens (including phenoxy) is 1. The van der Waals surface area contributed by atoms with Gasteiger partial charge in [-0.3, -0.25) is 0 Å². The highest BCUT2D eigenvalue weighted by Crippen LogP contribution is 1.28. The van der Waals surface area contributed by atoms with E-state index in [0.29, 0.717) is 0 Å². The van der Waals surface area contributed by atoms with Crippen molar-refractivity contribution >= 4 is 17.0 Å². The summed E-state index contributed by atoms with van der Waals surface area (Å²) < 4.78 is 4.25. The van der Waals surface area contributed by atoms with Crippen LogP contribution >= 0.6 is 17.0 Å². The molecule has 5 heavy (non-hydrogen) atoms. The molecule has 0 heterocycles. The number of halogens is 1. The molecule has 0 amide bonds. The first kappa shape index (κ1) is 18.2. The van der Waals surface area contributed by atoms with Gasteiger partial charge in [0.05, 0.1) is 0 Å². The Kier molecular flexibility index (Phi) is 94.2. The summed E-state index contributed by atoms with van der Waals surface area (Å²) in [5, 5.41) is 0. The second-order valence-corrected chi connectivity index (χ2v) is 0.408. The van der Waals surface area contributed by atoms with E-state index in [9.17, 15) is 0 Å². The molecule has 0 aromatic heterocycles. The van der Waals surface area contributed by atoms with E-state index in [0.717, 1.165) is 0 Å². The summed E-state index contributed by atoms with van der Waals surface area (Å²) in [6, 6.07) is 0. The minimum atomic E-state index is 0. The highest BCUT2D eigenvalue weighted by molar-refractivity contribution is 8.93. The summed E-state index contributed by atoms with van der Waals surface area (Å²) in [5.74, 6) is 0. The maximum absolute atomic E-state index is 4.25. The molecule has 0 spiro atoms. The van der Waals surface area contributed by atoms with E-state index in [-0.39, 0.29) is 23.1 Å². The third-order valence-electron chi connectivity index (χ3n) is 0. The molecule has 36 valence electrons. The SMILES string of the molecule is Br.COC.N. The van der Waals surface area contributed by atoms with Gasteiger partial charge in [-0.05, 0) is 0 Å². The van der Waals surface area contributed by atoms with Gasteiger partial charge in [0.2, 0.25) is 0 Å². The molecule has 3 N–H and O–H groups in total. The van der Waals surface area contributed by atoms with Gasteiger partial charge in [-0.1, -0.05) is 0 Å². The fourth-order valence-electron chi connectivity index (χ4n) is 0. The summed E-state index contributed by atoms with van der Waals surface area (Å²) in [6.07, 6.45) is 0. The lowest BCUT2D eigenvalue weighted by atomic mass is 11.6. The second-order valence-electron chi connectivity index (χ2n) is 0.408. The molecule has 0 radical (unpaired) electrons. The molecule has 0 saturated carbocycles. The molecule has 0 aromatic carbocycles. The van der Waals surface area contributed by atoms with E-state index in [2.05, 4.69) is 4.74 Å². The number of hydrogen-bond donors (Lipinski definition) is 1. The summed E-state index contributed by atoms with van der Waals surface area (Å²) in [6.45, 7) is 0. The molecule has 0 unspecified atom stereocenters. The molecule has 0 aliphatic rings.